The van der Waals surface area contributed by atoms with Gasteiger partial charge in [0.1, 0.15) is 17.3 Å². The Balaban J connectivity index is 1.91. The Morgan fingerprint density at radius 3 is 2.40 bits per heavy atom. The van der Waals surface area contributed by atoms with Crippen LogP contribution in [0.4, 0.5) is 15.8 Å². The van der Waals surface area contributed by atoms with Gasteiger partial charge in [-0.3, -0.25) is 9.52 Å². The summed E-state index contributed by atoms with van der Waals surface area (Å²) < 4.78 is 52.2. The molecule has 3 aromatic carbocycles. The van der Waals surface area contributed by atoms with Gasteiger partial charge in [-0.05, 0) is 42.5 Å². The Morgan fingerprint density at radius 1 is 0.933 bits per heavy atom. The maximum absolute atomic E-state index is 13.9. The van der Waals surface area contributed by atoms with Crippen molar-refractivity contribution in [2.75, 3.05) is 24.3 Å². The molecular weight excluding hydrogens is 411 g/mol. The highest BCUT2D eigenvalue weighted by Gasteiger charge is 2.19. The Bertz CT molecular complexity index is 1180. The molecule has 3 aromatic rings. The number of ether oxygens (including phenoxy) is 2. The highest BCUT2D eigenvalue weighted by molar-refractivity contribution is 7.92. The van der Waals surface area contributed by atoms with E-state index in [0.717, 1.165) is 6.07 Å². The van der Waals surface area contributed by atoms with Crippen LogP contribution >= 0.6 is 0 Å². The molecular formula is C21H19FN2O5S. The standard InChI is InChI=1S/C21H19FN2O5S/c1-28-15-7-5-6-14(12-15)24-30(26,27)16-10-11-20(29-2)19(13-16)23-21(25)17-8-3-4-9-18(17)22/h3-13,24H,1-2H3,(H,23,25). The lowest BCUT2D eigenvalue weighted by Crippen LogP contribution is -2.16. The van der Waals surface area contributed by atoms with E-state index in [0.29, 0.717) is 11.4 Å². The monoisotopic (exact) mass is 430 g/mol. The van der Waals surface area contributed by atoms with E-state index < -0.39 is 21.7 Å². The molecule has 0 heterocycles. The molecule has 0 spiro atoms. The molecule has 2 N–H and O–H groups in total. The molecule has 1 amide bonds. The third-order valence-corrected chi connectivity index (χ3v) is 5.55. The third kappa shape index (κ3) is 4.69. The van der Waals surface area contributed by atoms with Crippen molar-refractivity contribution in [2.24, 2.45) is 0 Å². The Hall–Kier alpha value is -3.59. The number of hydrogen-bond donors (Lipinski definition) is 2. The van der Waals surface area contributed by atoms with Crippen LogP contribution in [0.1, 0.15) is 10.4 Å². The lowest BCUT2D eigenvalue weighted by molar-refractivity contribution is 0.102. The molecule has 0 radical (unpaired) electrons. The molecule has 0 fully saturated rings. The number of carbonyl (C=O) groups excluding carboxylic acids is 1. The van der Waals surface area contributed by atoms with Gasteiger partial charge in [0.15, 0.2) is 0 Å². The lowest BCUT2D eigenvalue weighted by atomic mass is 10.2. The number of hydrogen-bond acceptors (Lipinski definition) is 5. The van der Waals surface area contributed by atoms with Gasteiger partial charge < -0.3 is 14.8 Å². The van der Waals surface area contributed by atoms with E-state index in [-0.39, 0.29) is 21.9 Å². The van der Waals surface area contributed by atoms with E-state index in [1.54, 1.807) is 18.2 Å². The maximum atomic E-state index is 13.9. The average Bonchev–Trinajstić information content (AvgIpc) is 2.73. The largest absolute Gasteiger partial charge is 0.497 e. The molecule has 0 bridgehead atoms. The first kappa shape index (κ1) is 21.1. The summed E-state index contributed by atoms with van der Waals surface area (Å²) >= 11 is 0. The van der Waals surface area contributed by atoms with Crippen molar-refractivity contribution in [1.29, 1.82) is 0 Å². The van der Waals surface area contributed by atoms with Gasteiger partial charge in [0.2, 0.25) is 0 Å². The van der Waals surface area contributed by atoms with Gasteiger partial charge in [-0.2, -0.15) is 0 Å². The molecule has 0 aliphatic rings. The number of methoxy groups -OCH3 is 2. The highest BCUT2D eigenvalue weighted by Crippen LogP contribution is 2.29. The van der Waals surface area contributed by atoms with E-state index in [1.807, 2.05) is 0 Å². The molecule has 3 rings (SSSR count). The minimum atomic E-state index is -3.98. The van der Waals surface area contributed by atoms with Crippen LogP contribution in [-0.4, -0.2) is 28.5 Å². The second-order valence-corrected chi connectivity index (χ2v) is 7.82. The summed E-state index contributed by atoms with van der Waals surface area (Å²) in [7, 11) is -1.14. The Morgan fingerprint density at radius 2 is 1.70 bits per heavy atom. The van der Waals surface area contributed by atoms with Crippen LogP contribution in [0.3, 0.4) is 0 Å². The van der Waals surface area contributed by atoms with Crippen molar-refractivity contribution in [1.82, 2.24) is 0 Å². The van der Waals surface area contributed by atoms with Crippen molar-refractivity contribution in [3.05, 3.63) is 78.1 Å². The van der Waals surface area contributed by atoms with Crippen LogP contribution in [0.25, 0.3) is 0 Å². The molecule has 0 aliphatic carbocycles. The van der Waals surface area contributed by atoms with Gasteiger partial charge >= 0.3 is 0 Å². The average molecular weight is 430 g/mol. The minimum absolute atomic E-state index is 0.0827. The molecule has 156 valence electrons. The van der Waals surface area contributed by atoms with E-state index in [9.17, 15) is 17.6 Å². The summed E-state index contributed by atoms with van der Waals surface area (Å²) in [6, 6.07) is 15.9. The van der Waals surface area contributed by atoms with Crippen LogP contribution in [0.2, 0.25) is 0 Å². The smallest absolute Gasteiger partial charge is 0.261 e. The minimum Gasteiger partial charge on any atom is -0.497 e. The number of halogens is 1. The first-order valence-corrected chi connectivity index (χ1v) is 10.2. The van der Waals surface area contributed by atoms with Crippen LogP contribution in [0.15, 0.2) is 71.6 Å². The molecule has 30 heavy (non-hydrogen) atoms. The first-order chi connectivity index (χ1) is 14.3. The number of rotatable bonds is 7. The van der Waals surface area contributed by atoms with Crippen LogP contribution < -0.4 is 19.5 Å². The van der Waals surface area contributed by atoms with E-state index in [4.69, 9.17) is 9.47 Å². The summed E-state index contributed by atoms with van der Waals surface area (Å²) in [6.07, 6.45) is 0. The number of nitrogens with one attached hydrogen (secondary N) is 2. The second kappa shape index (κ2) is 8.83. The fourth-order valence-electron chi connectivity index (χ4n) is 2.69. The quantitative estimate of drug-likeness (QED) is 0.593. The maximum Gasteiger partial charge on any atom is 0.261 e. The molecule has 7 nitrogen and oxygen atoms in total. The zero-order valence-corrected chi connectivity index (χ0v) is 17.0. The molecule has 0 atom stereocenters. The van der Waals surface area contributed by atoms with Gasteiger partial charge in [-0.1, -0.05) is 18.2 Å². The number of benzene rings is 3. The summed E-state index contributed by atoms with van der Waals surface area (Å²) in [6.45, 7) is 0. The van der Waals surface area contributed by atoms with Crippen molar-refractivity contribution in [2.45, 2.75) is 4.90 Å². The van der Waals surface area contributed by atoms with Gasteiger partial charge in [-0.25, -0.2) is 12.8 Å². The summed E-state index contributed by atoms with van der Waals surface area (Å²) in [5.41, 5.74) is 0.212. The number of carbonyl (C=O) groups is 1. The third-order valence-electron chi connectivity index (χ3n) is 4.17. The first-order valence-electron chi connectivity index (χ1n) is 8.75. The summed E-state index contributed by atoms with van der Waals surface area (Å²) in [4.78, 5) is 12.3. The zero-order valence-electron chi connectivity index (χ0n) is 16.2. The topological polar surface area (TPSA) is 93.7 Å². The summed E-state index contributed by atoms with van der Waals surface area (Å²) in [5, 5.41) is 2.50. The van der Waals surface area contributed by atoms with Crippen molar-refractivity contribution < 1.29 is 27.1 Å². The van der Waals surface area contributed by atoms with E-state index in [2.05, 4.69) is 10.0 Å². The molecule has 9 heteroatoms. The van der Waals surface area contributed by atoms with Gasteiger partial charge in [-0.15, -0.1) is 0 Å². The second-order valence-electron chi connectivity index (χ2n) is 6.13. The fourth-order valence-corrected chi connectivity index (χ4v) is 3.76. The predicted octanol–water partition coefficient (Wildman–Crippen LogP) is 3.90. The number of sulfonamides is 1. The Kier molecular flexibility index (Phi) is 6.22. The fraction of sp³-hybridized carbons (Fsp3) is 0.0952. The zero-order chi connectivity index (χ0) is 21.7. The van der Waals surface area contributed by atoms with Crippen LogP contribution in [-0.2, 0) is 10.0 Å². The van der Waals surface area contributed by atoms with Crippen LogP contribution in [0, 0.1) is 5.82 Å². The van der Waals surface area contributed by atoms with Gasteiger partial charge in [0.05, 0.1) is 36.1 Å². The van der Waals surface area contributed by atoms with Crippen molar-refractivity contribution in [3.63, 3.8) is 0 Å². The highest BCUT2D eigenvalue weighted by atomic mass is 32.2. The molecule has 0 saturated carbocycles. The van der Waals surface area contributed by atoms with E-state index in [1.165, 1.54) is 56.7 Å². The molecule has 0 saturated heterocycles. The van der Waals surface area contributed by atoms with Gasteiger partial charge in [0, 0.05) is 6.07 Å². The number of anilines is 2. The molecule has 0 aliphatic heterocycles. The predicted molar refractivity (Wildman–Crippen MR) is 111 cm³/mol. The summed E-state index contributed by atoms with van der Waals surface area (Å²) in [5.74, 6) is -0.720. The van der Waals surface area contributed by atoms with Crippen LogP contribution in [0.5, 0.6) is 11.5 Å². The van der Waals surface area contributed by atoms with E-state index >= 15 is 0 Å². The normalized spacial score (nSPS) is 10.9. The number of amides is 1. The van der Waals surface area contributed by atoms with Crippen molar-refractivity contribution in [3.8, 4) is 11.5 Å². The molecule has 0 unspecified atom stereocenters. The SMILES string of the molecule is COc1cccc(NS(=O)(=O)c2ccc(OC)c(NC(=O)c3ccccc3F)c2)c1. The molecule has 0 aromatic heterocycles. The Labute approximate surface area is 173 Å². The van der Waals surface area contributed by atoms with Gasteiger partial charge in [0.25, 0.3) is 15.9 Å². The van der Waals surface area contributed by atoms with Crippen molar-refractivity contribution >= 4 is 27.3 Å². The lowest BCUT2D eigenvalue weighted by Gasteiger charge is -2.14.